The summed E-state index contributed by atoms with van der Waals surface area (Å²) in [6.45, 7) is 7.01. The molecule has 1 aliphatic heterocycles. The summed E-state index contributed by atoms with van der Waals surface area (Å²) in [7, 11) is -0.961. The first kappa shape index (κ1) is 27.0. The third-order valence-corrected chi connectivity index (χ3v) is 5.78. The Morgan fingerprint density at radius 2 is 1.83 bits per heavy atom. The van der Waals surface area contributed by atoms with Gasteiger partial charge in [-0.25, -0.2) is 8.42 Å². The lowest BCUT2D eigenvalue weighted by Crippen LogP contribution is -2.38. The number of sulfone groups is 1. The summed E-state index contributed by atoms with van der Waals surface area (Å²) in [5, 5.41) is 3.30. The van der Waals surface area contributed by atoms with Crippen molar-refractivity contribution in [3.63, 3.8) is 0 Å². The summed E-state index contributed by atoms with van der Waals surface area (Å²) in [5.41, 5.74) is 2.55. The van der Waals surface area contributed by atoms with Crippen molar-refractivity contribution >= 4 is 45.5 Å². The Hall–Kier alpha value is -1.07. The fourth-order valence-corrected chi connectivity index (χ4v) is 3.73. The fraction of sp³-hybridized carbons (Fsp3) is 0.667. The van der Waals surface area contributed by atoms with Gasteiger partial charge in [0.05, 0.1) is 25.5 Å². The molecule has 2 rings (SSSR count). The third kappa shape index (κ3) is 10.3. The second-order valence-corrected chi connectivity index (χ2v) is 9.81. The molecule has 0 atom stereocenters. The highest BCUT2D eigenvalue weighted by atomic mass is 127. The molecule has 1 aromatic rings. The van der Waals surface area contributed by atoms with Crippen LogP contribution in [0.25, 0.3) is 0 Å². The minimum atomic E-state index is -2.98. The molecule has 7 nitrogen and oxygen atoms in total. The lowest BCUT2D eigenvalue weighted by molar-refractivity contribution is 0.157. The topological polar surface area (TPSA) is 74.2 Å². The molecule has 1 saturated heterocycles. The number of piperidine rings is 1. The van der Waals surface area contributed by atoms with Gasteiger partial charge in [0, 0.05) is 45.2 Å². The maximum Gasteiger partial charge on any atom is 0.194 e. The highest BCUT2D eigenvalue weighted by Gasteiger charge is 2.11. The van der Waals surface area contributed by atoms with Crippen molar-refractivity contribution < 1.29 is 13.2 Å². The molecule has 172 valence electrons. The van der Waals surface area contributed by atoms with Crippen LogP contribution in [0.4, 0.5) is 5.69 Å². The number of ether oxygens (including phenoxy) is 1. The predicted octanol–water partition coefficient (Wildman–Crippen LogP) is 2.75. The van der Waals surface area contributed by atoms with Gasteiger partial charge in [-0.1, -0.05) is 12.1 Å². The number of rotatable bonds is 10. The van der Waals surface area contributed by atoms with E-state index in [1.165, 1.54) is 36.8 Å². The zero-order valence-corrected chi connectivity index (χ0v) is 21.6. The summed E-state index contributed by atoms with van der Waals surface area (Å²) in [6.07, 6.45) is 5.12. The maximum absolute atomic E-state index is 11.1. The van der Waals surface area contributed by atoms with E-state index in [1.807, 2.05) is 14.0 Å². The lowest BCUT2D eigenvalue weighted by atomic mass is 10.1. The van der Waals surface area contributed by atoms with Crippen LogP contribution in [-0.2, 0) is 21.1 Å². The first-order chi connectivity index (χ1) is 13.9. The summed E-state index contributed by atoms with van der Waals surface area (Å²) in [6, 6.07) is 8.82. The number of hydrogen-bond donors (Lipinski definition) is 1. The quantitative estimate of drug-likeness (QED) is 0.208. The summed E-state index contributed by atoms with van der Waals surface area (Å²) >= 11 is 0. The SMILES string of the molecule is CCNC(=NCCOCCS(C)(=O)=O)N(C)Cc1ccc(N2CCCCC2)cc1.I. The summed E-state index contributed by atoms with van der Waals surface area (Å²) in [5.74, 6) is 0.865. The second kappa shape index (κ2) is 14.1. The van der Waals surface area contributed by atoms with Gasteiger partial charge in [-0.05, 0) is 43.9 Å². The lowest BCUT2D eigenvalue weighted by Gasteiger charge is -2.29. The molecular weight excluding hydrogens is 515 g/mol. The fourth-order valence-electron chi connectivity index (χ4n) is 3.31. The molecule has 1 aliphatic rings. The molecule has 1 N–H and O–H groups in total. The van der Waals surface area contributed by atoms with E-state index in [2.05, 4.69) is 44.4 Å². The molecule has 0 bridgehead atoms. The van der Waals surface area contributed by atoms with Gasteiger partial charge in [0.2, 0.25) is 0 Å². The largest absolute Gasteiger partial charge is 0.378 e. The maximum atomic E-state index is 11.1. The van der Waals surface area contributed by atoms with Gasteiger partial charge >= 0.3 is 0 Å². The van der Waals surface area contributed by atoms with Crippen LogP contribution in [0.1, 0.15) is 31.7 Å². The van der Waals surface area contributed by atoms with Crippen molar-refractivity contribution in [1.29, 1.82) is 0 Å². The molecule has 0 aliphatic carbocycles. The summed E-state index contributed by atoms with van der Waals surface area (Å²) < 4.78 is 27.6. The number of aliphatic imine (C=N–C) groups is 1. The summed E-state index contributed by atoms with van der Waals surface area (Å²) in [4.78, 5) is 9.14. The molecule has 0 aromatic heterocycles. The zero-order chi connectivity index (χ0) is 21.1. The molecule has 0 saturated carbocycles. The van der Waals surface area contributed by atoms with E-state index < -0.39 is 9.84 Å². The number of benzene rings is 1. The molecule has 0 radical (unpaired) electrons. The van der Waals surface area contributed by atoms with Crippen LogP contribution in [-0.4, -0.2) is 77.7 Å². The molecule has 30 heavy (non-hydrogen) atoms. The van der Waals surface area contributed by atoms with Crippen LogP contribution in [0.3, 0.4) is 0 Å². The van der Waals surface area contributed by atoms with E-state index in [4.69, 9.17) is 4.74 Å². The zero-order valence-electron chi connectivity index (χ0n) is 18.5. The number of guanidine groups is 1. The molecule has 9 heteroatoms. The number of nitrogens with one attached hydrogen (secondary N) is 1. The Bertz CT molecular complexity index is 735. The van der Waals surface area contributed by atoms with E-state index in [0.717, 1.165) is 32.1 Å². The van der Waals surface area contributed by atoms with Gasteiger partial charge in [0.15, 0.2) is 5.96 Å². The predicted molar refractivity (Wildman–Crippen MR) is 136 cm³/mol. The molecular formula is C21H37IN4O3S. The number of hydrogen-bond acceptors (Lipinski definition) is 5. The standard InChI is InChI=1S/C21H36N4O3S.HI/c1-4-22-21(23-12-15-28-16-17-29(3,26)27)24(2)18-19-8-10-20(11-9-19)25-13-6-5-7-14-25;/h8-11H,4-7,12-18H2,1-3H3,(H,22,23);1H. The van der Waals surface area contributed by atoms with Crippen molar-refractivity contribution in [3.05, 3.63) is 29.8 Å². The molecule has 1 aromatic carbocycles. The monoisotopic (exact) mass is 552 g/mol. The normalized spacial score (nSPS) is 14.9. The van der Waals surface area contributed by atoms with Crippen LogP contribution in [0.15, 0.2) is 29.3 Å². The number of nitrogens with zero attached hydrogens (tertiary/aromatic N) is 3. The molecule has 0 amide bonds. The van der Waals surface area contributed by atoms with Gasteiger partial charge in [-0.15, -0.1) is 24.0 Å². The van der Waals surface area contributed by atoms with Crippen molar-refractivity contribution in [3.8, 4) is 0 Å². The van der Waals surface area contributed by atoms with Gasteiger partial charge in [-0.3, -0.25) is 4.99 Å². The third-order valence-electron chi connectivity index (χ3n) is 4.87. The van der Waals surface area contributed by atoms with E-state index in [0.29, 0.717) is 13.2 Å². The Morgan fingerprint density at radius 3 is 2.43 bits per heavy atom. The van der Waals surface area contributed by atoms with Crippen molar-refractivity contribution in [2.45, 2.75) is 32.7 Å². The highest BCUT2D eigenvalue weighted by Crippen LogP contribution is 2.20. The molecule has 1 heterocycles. The van der Waals surface area contributed by atoms with Crippen LogP contribution >= 0.6 is 24.0 Å². The van der Waals surface area contributed by atoms with Gasteiger partial charge in [-0.2, -0.15) is 0 Å². The smallest absolute Gasteiger partial charge is 0.194 e. The minimum absolute atomic E-state index is 0. The average molecular weight is 553 g/mol. The molecule has 1 fully saturated rings. The van der Waals surface area contributed by atoms with Crippen molar-refractivity contribution in [2.24, 2.45) is 4.99 Å². The molecule has 0 spiro atoms. The van der Waals surface area contributed by atoms with Crippen molar-refractivity contribution in [1.82, 2.24) is 10.2 Å². The van der Waals surface area contributed by atoms with E-state index in [9.17, 15) is 8.42 Å². The van der Waals surface area contributed by atoms with E-state index in [-0.39, 0.29) is 36.3 Å². The first-order valence-electron chi connectivity index (χ1n) is 10.5. The van der Waals surface area contributed by atoms with Gasteiger partial charge in [0.25, 0.3) is 0 Å². The highest BCUT2D eigenvalue weighted by molar-refractivity contribution is 14.0. The van der Waals surface area contributed by atoms with Crippen LogP contribution in [0, 0.1) is 0 Å². The number of anilines is 1. The van der Waals surface area contributed by atoms with Crippen molar-refractivity contribution in [2.75, 3.05) is 63.3 Å². The Balaban J connectivity index is 0.00000450. The molecule has 0 unspecified atom stereocenters. The van der Waals surface area contributed by atoms with E-state index >= 15 is 0 Å². The van der Waals surface area contributed by atoms with Crippen LogP contribution in [0.5, 0.6) is 0 Å². The Labute approximate surface area is 199 Å². The Kier molecular flexibility index (Phi) is 12.7. The average Bonchev–Trinajstić information content (AvgIpc) is 2.70. The van der Waals surface area contributed by atoms with Crippen LogP contribution < -0.4 is 10.2 Å². The first-order valence-corrected chi connectivity index (χ1v) is 12.5. The minimum Gasteiger partial charge on any atom is -0.378 e. The Morgan fingerprint density at radius 1 is 1.17 bits per heavy atom. The van der Waals surface area contributed by atoms with E-state index in [1.54, 1.807) is 0 Å². The van der Waals surface area contributed by atoms with Gasteiger partial charge in [0.1, 0.15) is 9.84 Å². The van der Waals surface area contributed by atoms with Crippen LogP contribution in [0.2, 0.25) is 0 Å². The second-order valence-electron chi connectivity index (χ2n) is 7.55. The van der Waals surface area contributed by atoms with Gasteiger partial charge < -0.3 is 19.9 Å². The number of halogens is 1.